The topological polar surface area (TPSA) is 74.7 Å². The van der Waals surface area contributed by atoms with Gasteiger partial charge in [-0.1, -0.05) is 0 Å². The lowest BCUT2D eigenvalue weighted by Crippen LogP contribution is -2.49. The highest BCUT2D eigenvalue weighted by Crippen LogP contribution is 2.23. The highest BCUT2D eigenvalue weighted by molar-refractivity contribution is 5.94. The van der Waals surface area contributed by atoms with E-state index in [4.69, 9.17) is 10.3 Å². The number of hydrogen-bond acceptors (Lipinski definition) is 5. The minimum absolute atomic E-state index is 0.293. The van der Waals surface area contributed by atoms with Crippen LogP contribution < -0.4 is 11.3 Å². The third kappa shape index (κ3) is 2.59. The Hall–Kier alpha value is -1.37. The Kier molecular flexibility index (Phi) is 3.78. The molecule has 3 heterocycles. The van der Waals surface area contributed by atoms with Gasteiger partial charge in [0, 0.05) is 25.7 Å². The van der Waals surface area contributed by atoms with Gasteiger partial charge in [0.2, 0.25) is 0 Å². The molecule has 2 aliphatic heterocycles. The molecule has 0 spiro atoms. The van der Waals surface area contributed by atoms with Crippen LogP contribution >= 0.6 is 0 Å². The maximum Gasteiger partial charge on any atom is 0.268 e. The van der Waals surface area contributed by atoms with Crippen LogP contribution in [0.15, 0.2) is 10.5 Å². The van der Waals surface area contributed by atoms with E-state index in [0.29, 0.717) is 17.4 Å². The molecule has 0 aliphatic carbocycles. The van der Waals surface area contributed by atoms with E-state index in [9.17, 15) is 4.79 Å². The number of rotatable bonds is 3. The Labute approximate surface area is 118 Å². The van der Waals surface area contributed by atoms with Crippen molar-refractivity contribution in [1.82, 2.24) is 15.2 Å². The van der Waals surface area contributed by atoms with E-state index in [1.807, 2.05) is 0 Å². The third-order valence-corrected chi connectivity index (χ3v) is 4.40. The first-order chi connectivity index (χ1) is 9.67. The van der Waals surface area contributed by atoms with Crippen LogP contribution in [0, 0.1) is 6.92 Å². The molecule has 0 saturated carbocycles. The summed E-state index contributed by atoms with van der Waals surface area (Å²) in [6.07, 6.45) is 2.62. The molecule has 2 aliphatic rings. The second-order valence-corrected chi connectivity index (χ2v) is 5.72. The smallest absolute Gasteiger partial charge is 0.268 e. The van der Waals surface area contributed by atoms with Crippen molar-refractivity contribution < 1.29 is 9.21 Å². The molecule has 1 atom stereocenters. The minimum Gasteiger partial charge on any atom is -0.464 e. The molecular formula is C14H22N4O2. The molecule has 0 bridgehead atoms. The monoisotopic (exact) mass is 278 g/mol. The maximum atomic E-state index is 11.6. The number of nitrogens with one attached hydrogen (secondary N) is 1. The number of furan rings is 1. The number of carbonyl (C=O) groups excluding carboxylic acids is 1. The number of fused-ring (bicyclic) bond motifs is 1. The van der Waals surface area contributed by atoms with Gasteiger partial charge in [-0.15, -0.1) is 0 Å². The predicted octanol–water partition coefficient (Wildman–Crippen LogP) is 0.472. The van der Waals surface area contributed by atoms with Crippen molar-refractivity contribution in [3.05, 3.63) is 23.2 Å². The van der Waals surface area contributed by atoms with Gasteiger partial charge in [0.15, 0.2) is 0 Å². The van der Waals surface area contributed by atoms with Crippen molar-refractivity contribution in [2.24, 2.45) is 5.84 Å². The SMILES string of the molecule is Cc1oc(CN2CCN3CCCC3C2)cc1C(=O)NN. The van der Waals surface area contributed by atoms with E-state index in [0.717, 1.165) is 31.9 Å². The van der Waals surface area contributed by atoms with Crippen LogP contribution in [0.5, 0.6) is 0 Å². The first kappa shape index (κ1) is 13.6. The summed E-state index contributed by atoms with van der Waals surface area (Å²) < 4.78 is 5.68. The number of carbonyl (C=O) groups is 1. The summed E-state index contributed by atoms with van der Waals surface area (Å²) in [4.78, 5) is 16.6. The lowest BCUT2D eigenvalue weighted by molar-refractivity contribution is 0.0939. The van der Waals surface area contributed by atoms with E-state index < -0.39 is 0 Å². The first-order valence-corrected chi connectivity index (χ1v) is 7.24. The molecule has 20 heavy (non-hydrogen) atoms. The van der Waals surface area contributed by atoms with Crippen LogP contribution in [0.3, 0.4) is 0 Å². The molecular weight excluding hydrogens is 256 g/mol. The van der Waals surface area contributed by atoms with Gasteiger partial charge in [-0.25, -0.2) is 5.84 Å². The maximum absolute atomic E-state index is 11.6. The van der Waals surface area contributed by atoms with Crippen molar-refractivity contribution in [3.63, 3.8) is 0 Å². The molecule has 3 N–H and O–H groups in total. The zero-order valence-electron chi connectivity index (χ0n) is 11.9. The normalized spacial score (nSPS) is 23.8. The third-order valence-electron chi connectivity index (χ3n) is 4.40. The lowest BCUT2D eigenvalue weighted by Gasteiger charge is -2.37. The van der Waals surface area contributed by atoms with Gasteiger partial charge in [-0.3, -0.25) is 20.0 Å². The fourth-order valence-corrected chi connectivity index (χ4v) is 3.34. The first-order valence-electron chi connectivity index (χ1n) is 7.24. The van der Waals surface area contributed by atoms with Crippen molar-refractivity contribution in [2.45, 2.75) is 32.4 Å². The Morgan fingerprint density at radius 1 is 1.50 bits per heavy atom. The number of nitrogens with zero attached hydrogens (tertiary/aromatic N) is 2. The zero-order chi connectivity index (χ0) is 14.1. The number of nitrogen functional groups attached to an aromatic ring is 1. The lowest BCUT2D eigenvalue weighted by atomic mass is 10.1. The standard InChI is InChI=1S/C14H22N4O2/c1-10-13(14(19)16-15)7-12(20-10)9-17-5-6-18-4-2-3-11(18)8-17/h7,11H,2-6,8-9,15H2,1H3,(H,16,19). The summed E-state index contributed by atoms with van der Waals surface area (Å²) in [5, 5.41) is 0. The summed E-state index contributed by atoms with van der Waals surface area (Å²) in [5.74, 6) is 6.34. The van der Waals surface area contributed by atoms with Gasteiger partial charge < -0.3 is 4.42 Å². The molecule has 0 aromatic carbocycles. The minimum atomic E-state index is -0.293. The number of amides is 1. The molecule has 6 nitrogen and oxygen atoms in total. The molecule has 1 amide bonds. The van der Waals surface area contributed by atoms with E-state index in [-0.39, 0.29) is 5.91 Å². The summed E-state index contributed by atoms with van der Waals surface area (Å²) in [6, 6.07) is 2.50. The zero-order valence-corrected chi connectivity index (χ0v) is 11.9. The van der Waals surface area contributed by atoms with Crippen LogP contribution in [-0.4, -0.2) is 47.9 Å². The predicted molar refractivity (Wildman–Crippen MR) is 75.0 cm³/mol. The van der Waals surface area contributed by atoms with Crippen LogP contribution in [0.1, 0.15) is 34.7 Å². The molecule has 1 aromatic rings. The van der Waals surface area contributed by atoms with Crippen molar-refractivity contribution in [3.8, 4) is 0 Å². The highest BCUT2D eigenvalue weighted by Gasteiger charge is 2.30. The van der Waals surface area contributed by atoms with Crippen LogP contribution in [0.25, 0.3) is 0 Å². The number of aryl methyl sites for hydroxylation is 1. The van der Waals surface area contributed by atoms with E-state index in [2.05, 4.69) is 15.2 Å². The van der Waals surface area contributed by atoms with E-state index >= 15 is 0 Å². The van der Waals surface area contributed by atoms with E-state index in [1.165, 1.54) is 19.4 Å². The Bertz CT molecular complexity index is 499. The van der Waals surface area contributed by atoms with Gasteiger partial charge in [0.1, 0.15) is 11.5 Å². The van der Waals surface area contributed by atoms with Crippen LogP contribution in [-0.2, 0) is 6.54 Å². The molecule has 110 valence electrons. The molecule has 1 unspecified atom stereocenters. The fourth-order valence-electron chi connectivity index (χ4n) is 3.34. The molecule has 3 rings (SSSR count). The second kappa shape index (κ2) is 5.55. The van der Waals surface area contributed by atoms with Crippen molar-refractivity contribution >= 4 is 5.91 Å². The molecule has 0 radical (unpaired) electrons. The molecule has 2 saturated heterocycles. The highest BCUT2D eigenvalue weighted by atomic mass is 16.3. The van der Waals surface area contributed by atoms with Crippen molar-refractivity contribution in [2.75, 3.05) is 26.2 Å². The van der Waals surface area contributed by atoms with Gasteiger partial charge >= 0.3 is 0 Å². The summed E-state index contributed by atoms with van der Waals surface area (Å²) >= 11 is 0. The van der Waals surface area contributed by atoms with E-state index in [1.54, 1.807) is 13.0 Å². The Balaban J connectivity index is 1.64. The summed E-state index contributed by atoms with van der Waals surface area (Å²) in [6.45, 7) is 7.11. The van der Waals surface area contributed by atoms with Crippen LogP contribution in [0.4, 0.5) is 0 Å². The number of piperazine rings is 1. The molecule has 6 heteroatoms. The van der Waals surface area contributed by atoms with Crippen molar-refractivity contribution in [1.29, 1.82) is 0 Å². The fraction of sp³-hybridized carbons (Fsp3) is 0.643. The van der Waals surface area contributed by atoms with Crippen LogP contribution in [0.2, 0.25) is 0 Å². The summed E-state index contributed by atoms with van der Waals surface area (Å²) in [5.41, 5.74) is 2.68. The molecule has 1 aromatic heterocycles. The quantitative estimate of drug-likeness (QED) is 0.478. The second-order valence-electron chi connectivity index (χ2n) is 5.72. The Morgan fingerprint density at radius 2 is 2.35 bits per heavy atom. The van der Waals surface area contributed by atoms with Gasteiger partial charge in [-0.05, 0) is 32.4 Å². The van der Waals surface area contributed by atoms with Gasteiger partial charge in [0.05, 0.1) is 12.1 Å². The van der Waals surface area contributed by atoms with Gasteiger partial charge in [0.25, 0.3) is 5.91 Å². The van der Waals surface area contributed by atoms with Gasteiger partial charge in [-0.2, -0.15) is 0 Å². The Morgan fingerprint density at radius 3 is 3.15 bits per heavy atom. The summed E-state index contributed by atoms with van der Waals surface area (Å²) in [7, 11) is 0. The molecule has 2 fully saturated rings. The largest absolute Gasteiger partial charge is 0.464 e. The number of nitrogens with two attached hydrogens (primary N) is 1. The average molecular weight is 278 g/mol. The number of hydrogen-bond donors (Lipinski definition) is 2. The average Bonchev–Trinajstić information content (AvgIpc) is 3.04. The number of hydrazine groups is 1.